The molecule has 3 heterocycles. The fourth-order valence-corrected chi connectivity index (χ4v) is 4.68. The summed E-state index contributed by atoms with van der Waals surface area (Å²) in [5, 5.41) is 9.02. The molecular formula is C23H35ClIN5O. The number of benzene rings is 1. The number of aromatic nitrogens is 1. The van der Waals surface area contributed by atoms with Crippen LogP contribution in [-0.4, -0.2) is 67.8 Å². The highest BCUT2D eigenvalue weighted by Crippen LogP contribution is 2.23. The van der Waals surface area contributed by atoms with E-state index in [4.69, 9.17) is 21.3 Å². The third-order valence-corrected chi connectivity index (χ3v) is 6.43. The molecule has 2 aromatic rings. The Balaban J connectivity index is 0.00000272. The number of likely N-dealkylation sites (tertiary alicyclic amines) is 1. The van der Waals surface area contributed by atoms with E-state index in [0.717, 1.165) is 68.2 Å². The third kappa shape index (κ3) is 6.97. The topological polar surface area (TPSA) is 64.7 Å². The molecule has 2 saturated heterocycles. The minimum atomic E-state index is 0. The summed E-state index contributed by atoms with van der Waals surface area (Å²) in [6.45, 7) is 9.12. The van der Waals surface area contributed by atoms with Gasteiger partial charge < -0.3 is 25.3 Å². The summed E-state index contributed by atoms with van der Waals surface area (Å²) < 4.78 is 5.52. The van der Waals surface area contributed by atoms with Gasteiger partial charge in [0, 0.05) is 67.5 Å². The van der Waals surface area contributed by atoms with Crippen molar-refractivity contribution < 1.29 is 4.74 Å². The van der Waals surface area contributed by atoms with Gasteiger partial charge in [-0.1, -0.05) is 11.6 Å². The van der Waals surface area contributed by atoms with Gasteiger partial charge in [-0.2, -0.15) is 0 Å². The summed E-state index contributed by atoms with van der Waals surface area (Å²) in [6, 6.07) is 6.47. The highest BCUT2D eigenvalue weighted by atomic mass is 127. The van der Waals surface area contributed by atoms with Crippen LogP contribution in [0.1, 0.15) is 31.7 Å². The average molecular weight is 560 g/mol. The highest BCUT2D eigenvalue weighted by molar-refractivity contribution is 14.0. The van der Waals surface area contributed by atoms with E-state index < -0.39 is 0 Å². The lowest BCUT2D eigenvalue weighted by Crippen LogP contribution is -2.49. The van der Waals surface area contributed by atoms with Gasteiger partial charge in [-0.15, -0.1) is 24.0 Å². The number of hydrogen-bond donors (Lipinski definition) is 3. The van der Waals surface area contributed by atoms with Gasteiger partial charge in [-0.05, 0) is 62.3 Å². The molecule has 0 spiro atoms. The van der Waals surface area contributed by atoms with Crippen LogP contribution >= 0.6 is 35.6 Å². The first-order valence-corrected chi connectivity index (χ1v) is 11.7. The summed E-state index contributed by atoms with van der Waals surface area (Å²) in [6.07, 6.45) is 6.51. The number of aliphatic imine (C=N–C) groups is 1. The van der Waals surface area contributed by atoms with Crippen molar-refractivity contribution in [2.24, 2.45) is 10.9 Å². The van der Waals surface area contributed by atoms with E-state index in [1.165, 1.54) is 36.8 Å². The summed E-state index contributed by atoms with van der Waals surface area (Å²) in [7, 11) is 0. The van der Waals surface area contributed by atoms with Crippen molar-refractivity contribution in [1.29, 1.82) is 0 Å². The van der Waals surface area contributed by atoms with Gasteiger partial charge in [0.25, 0.3) is 0 Å². The molecule has 1 atom stereocenters. The molecule has 2 aliphatic rings. The second-order valence-corrected chi connectivity index (χ2v) is 8.90. The number of nitrogens with one attached hydrogen (secondary N) is 3. The van der Waals surface area contributed by atoms with Gasteiger partial charge in [-0.3, -0.25) is 4.99 Å². The maximum Gasteiger partial charge on any atom is 0.191 e. The zero-order chi connectivity index (χ0) is 20.8. The van der Waals surface area contributed by atoms with E-state index in [9.17, 15) is 0 Å². The molecule has 6 nitrogen and oxygen atoms in total. The predicted molar refractivity (Wildman–Crippen MR) is 140 cm³/mol. The van der Waals surface area contributed by atoms with Gasteiger partial charge >= 0.3 is 0 Å². The molecule has 3 N–H and O–H groups in total. The number of H-pyrrole nitrogens is 1. The molecule has 2 aliphatic heterocycles. The first-order chi connectivity index (χ1) is 14.7. The molecule has 172 valence electrons. The lowest BCUT2D eigenvalue weighted by molar-refractivity contribution is 0.150. The van der Waals surface area contributed by atoms with Crippen molar-refractivity contribution >= 4 is 52.4 Å². The normalized spacial score (nSPS) is 20.7. The van der Waals surface area contributed by atoms with Crippen molar-refractivity contribution in [3.63, 3.8) is 0 Å². The Morgan fingerprint density at radius 3 is 2.87 bits per heavy atom. The summed E-state index contributed by atoms with van der Waals surface area (Å²) in [5.41, 5.74) is 2.38. The monoisotopic (exact) mass is 559 g/mol. The van der Waals surface area contributed by atoms with Crippen molar-refractivity contribution in [2.45, 2.75) is 38.6 Å². The predicted octanol–water partition coefficient (Wildman–Crippen LogP) is 4.04. The maximum absolute atomic E-state index is 6.17. The largest absolute Gasteiger partial charge is 0.381 e. The quantitative estimate of drug-likeness (QED) is 0.272. The van der Waals surface area contributed by atoms with Crippen molar-refractivity contribution in [3.05, 3.63) is 35.0 Å². The van der Waals surface area contributed by atoms with E-state index in [1.807, 2.05) is 18.2 Å². The van der Waals surface area contributed by atoms with Crippen molar-refractivity contribution in [1.82, 2.24) is 20.5 Å². The van der Waals surface area contributed by atoms with Crippen LogP contribution in [0.15, 0.2) is 29.4 Å². The zero-order valence-electron chi connectivity index (χ0n) is 18.3. The van der Waals surface area contributed by atoms with Crippen molar-refractivity contribution in [3.8, 4) is 0 Å². The highest BCUT2D eigenvalue weighted by Gasteiger charge is 2.24. The Hall–Kier alpha value is -1.03. The van der Waals surface area contributed by atoms with Crippen LogP contribution in [0.4, 0.5) is 0 Å². The molecule has 2 fully saturated rings. The van der Waals surface area contributed by atoms with Crippen LogP contribution in [0.2, 0.25) is 5.02 Å². The van der Waals surface area contributed by atoms with Crippen LogP contribution in [0.25, 0.3) is 10.9 Å². The van der Waals surface area contributed by atoms with E-state index >= 15 is 0 Å². The minimum absolute atomic E-state index is 0. The Bertz CT molecular complexity index is 844. The number of piperidine rings is 1. The molecule has 1 aromatic carbocycles. The van der Waals surface area contributed by atoms with Gasteiger partial charge in [0.15, 0.2) is 5.96 Å². The number of nitrogens with zero attached hydrogens (tertiary/aromatic N) is 2. The van der Waals surface area contributed by atoms with Gasteiger partial charge in [0.05, 0.1) is 6.61 Å². The Labute approximate surface area is 207 Å². The number of fused-ring (bicyclic) bond motifs is 1. The number of ether oxygens (including phenoxy) is 1. The standard InChI is InChI=1S/C23H34ClN5O.HI/c1-2-25-23(26-9-5-18-14-27-22-4-3-19(24)13-21(18)22)28-20-6-10-29(11-7-20)15-17-8-12-30-16-17;/h3-4,13-14,17,20,27H,2,5-12,15-16H2,1H3,(H2,25,26,28);1H. The molecule has 8 heteroatoms. The zero-order valence-corrected chi connectivity index (χ0v) is 21.4. The fraction of sp³-hybridized carbons (Fsp3) is 0.609. The molecule has 0 saturated carbocycles. The second-order valence-electron chi connectivity index (χ2n) is 8.46. The Morgan fingerprint density at radius 1 is 1.29 bits per heavy atom. The second kappa shape index (κ2) is 12.3. The number of aromatic amines is 1. The van der Waals surface area contributed by atoms with E-state index in [-0.39, 0.29) is 24.0 Å². The number of halogens is 2. The third-order valence-electron chi connectivity index (χ3n) is 6.19. The Kier molecular flexibility index (Phi) is 9.74. The SMILES string of the molecule is CCNC(=NCCc1c[nH]c2ccc(Cl)cc12)NC1CCN(CC2CCOC2)CC1.I. The van der Waals surface area contributed by atoms with E-state index in [1.54, 1.807) is 0 Å². The van der Waals surface area contributed by atoms with Crippen LogP contribution in [0.3, 0.4) is 0 Å². The summed E-state index contributed by atoms with van der Waals surface area (Å²) in [5.74, 6) is 1.66. The van der Waals surface area contributed by atoms with Gasteiger partial charge in [-0.25, -0.2) is 0 Å². The minimum Gasteiger partial charge on any atom is -0.381 e. The first-order valence-electron chi connectivity index (χ1n) is 11.3. The Morgan fingerprint density at radius 2 is 2.13 bits per heavy atom. The number of guanidine groups is 1. The molecule has 1 unspecified atom stereocenters. The fourth-order valence-electron chi connectivity index (χ4n) is 4.51. The van der Waals surface area contributed by atoms with Crippen LogP contribution in [-0.2, 0) is 11.2 Å². The molecular weight excluding hydrogens is 525 g/mol. The summed E-state index contributed by atoms with van der Waals surface area (Å²) in [4.78, 5) is 10.8. The summed E-state index contributed by atoms with van der Waals surface area (Å²) >= 11 is 6.17. The molecule has 0 radical (unpaired) electrons. The first kappa shape index (κ1) is 24.6. The van der Waals surface area contributed by atoms with Crippen LogP contribution in [0.5, 0.6) is 0 Å². The average Bonchev–Trinajstić information content (AvgIpc) is 3.39. The maximum atomic E-state index is 6.17. The molecule has 1 aromatic heterocycles. The van der Waals surface area contributed by atoms with E-state index in [2.05, 4.69) is 33.6 Å². The molecule has 0 aliphatic carbocycles. The molecule has 0 bridgehead atoms. The van der Waals surface area contributed by atoms with Crippen LogP contribution < -0.4 is 10.6 Å². The van der Waals surface area contributed by atoms with Gasteiger partial charge in [0.2, 0.25) is 0 Å². The van der Waals surface area contributed by atoms with Gasteiger partial charge in [0.1, 0.15) is 0 Å². The van der Waals surface area contributed by atoms with E-state index in [0.29, 0.717) is 6.04 Å². The lowest BCUT2D eigenvalue weighted by atomic mass is 10.0. The lowest BCUT2D eigenvalue weighted by Gasteiger charge is -2.34. The molecule has 31 heavy (non-hydrogen) atoms. The molecule has 4 rings (SSSR count). The number of rotatable bonds is 7. The molecule has 0 amide bonds. The smallest absolute Gasteiger partial charge is 0.191 e. The number of hydrogen-bond acceptors (Lipinski definition) is 3. The van der Waals surface area contributed by atoms with Crippen molar-refractivity contribution in [2.75, 3.05) is 45.9 Å². The van der Waals surface area contributed by atoms with Crippen LogP contribution in [0, 0.1) is 5.92 Å².